The van der Waals surface area contributed by atoms with E-state index in [0.29, 0.717) is 25.0 Å². The van der Waals surface area contributed by atoms with Crippen LogP contribution >= 0.6 is 0 Å². The van der Waals surface area contributed by atoms with Gasteiger partial charge in [0.05, 0.1) is 12.3 Å². The number of benzene rings is 1. The molecule has 1 aromatic carbocycles. The highest BCUT2D eigenvalue weighted by Gasteiger charge is 2.29. The number of carbonyl (C=O) groups is 1. The van der Waals surface area contributed by atoms with E-state index in [9.17, 15) is 4.79 Å². The maximum absolute atomic E-state index is 11.0. The number of carboxylic acid groups (broad SMARTS) is 1. The van der Waals surface area contributed by atoms with E-state index >= 15 is 0 Å². The Morgan fingerprint density at radius 3 is 2.39 bits per heavy atom. The van der Waals surface area contributed by atoms with Crippen LogP contribution in [0.15, 0.2) is 36.9 Å². The topological polar surface area (TPSA) is 83.7 Å². The van der Waals surface area contributed by atoms with Crippen LogP contribution in [0, 0.1) is 5.92 Å². The van der Waals surface area contributed by atoms with Crippen LogP contribution in [0.3, 0.4) is 0 Å². The Balaban J connectivity index is 1.19. The summed E-state index contributed by atoms with van der Waals surface area (Å²) in [6.45, 7) is 3.72. The van der Waals surface area contributed by atoms with E-state index < -0.39 is 6.09 Å². The van der Waals surface area contributed by atoms with Gasteiger partial charge in [-0.25, -0.2) is 14.5 Å². The third-order valence-electron chi connectivity index (χ3n) is 5.92. The summed E-state index contributed by atoms with van der Waals surface area (Å²) in [6.07, 6.45) is 7.08. The second-order valence-electron chi connectivity index (χ2n) is 7.63. The van der Waals surface area contributed by atoms with Gasteiger partial charge in [-0.2, -0.15) is 5.10 Å². The second kappa shape index (κ2) is 8.60. The summed E-state index contributed by atoms with van der Waals surface area (Å²) in [5.74, 6) is 1.47. The minimum atomic E-state index is -0.796. The Labute approximate surface area is 164 Å². The Hall–Kier alpha value is -2.61. The molecule has 2 aromatic rings. The van der Waals surface area contributed by atoms with Gasteiger partial charge in [0.25, 0.3) is 0 Å². The van der Waals surface area contributed by atoms with E-state index in [2.05, 4.69) is 15.0 Å². The summed E-state index contributed by atoms with van der Waals surface area (Å²) < 4.78 is 7.73. The number of amides is 1. The fourth-order valence-corrected chi connectivity index (χ4v) is 4.21. The first kappa shape index (κ1) is 18.7. The van der Waals surface area contributed by atoms with Crippen molar-refractivity contribution in [3.05, 3.63) is 36.9 Å². The summed E-state index contributed by atoms with van der Waals surface area (Å²) in [6, 6.07) is 8.51. The van der Waals surface area contributed by atoms with Crippen molar-refractivity contribution >= 4 is 6.09 Å². The molecule has 8 heteroatoms. The third-order valence-corrected chi connectivity index (χ3v) is 5.92. The first-order chi connectivity index (χ1) is 13.7. The molecular weight excluding hydrogens is 358 g/mol. The highest BCUT2D eigenvalue weighted by Crippen LogP contribution is 2.29. The molecule has 0 atom stereocenters. The predicted octanol–water partition coefficient (Wildman–Crippen LogP) is 2.50. The number of nitrogens with zero attached hydrogens (tertiary/aromatic N) is 5. The fraction of sp³-hybridized carbons (Fsp3) is 0.550. The number of hydrogen-bond acceptors (Lipinski definition) is 5. The molecule has 1 aromatic heterocycles. The molecule has 4 rings (SSSR count). The summed E-state index contributed by atoms with van der Waals surface area (Å²) in [4.78, 5) is 19.0. The van der Waals surface area contributed by atoms with Crippen LogP contribution < -0.4 is 4.74 Å². The molecule has 0 radical (unpaired) electrons. The summed E-state index contributed by atoms with van der Waals surface area (Å²) in [7, 11) is 0. The lowest BCUT2D eigenvalue weighted by atomic mass is 9.85. The zero-order valence-electron chi connectivity index (χ0n) is 16.0. The Morgan fingerprint density at radius 1 is 1.07 bits per heavy atom. The number of piperazine rings is 1. The average molecular weight is 385 g/mol. The molecule has 1 amide bonds. The molecule has 2 aliphatic rings. The zero-order valence-corrected chi connectivity index (χ0v) is 16.0. The van der Waals surface area contributed by atoms with Crippen molar-refractivity contribution in [1.82, 2.24) is 24.6 Å². The monoisotopic (exact) mass is 385 g/mol. The van der Waals surface area contributed by atoms with Crippen molar-refractivity contribution in [3.63, 3.8) is 0 Å². The standard InChI is InChI=1S/C20H27N5O3/c26-20(27)24-11-9-23(10-12-24)17-3-1-16(2-4-17)13-28-19-7-5-18(6-8-19)25-15-21-14-22-25/h5-8,14-17H,1-4,9-13H2,(H,26,27)/t16-,17-. The quantitative estimate of drug-likeness (QED) is 0.851. The van der Waals surface area contributed by atoms with Gasteiger partial charge in [0.1, 0.15) is 18.4 Å². The molecule has 0 unspecified atom stereocenters. The van der Waals surface area contributed by atoms with Crippen molar-refractivity contribution in [3.8, 4) is 11.4 Å². The fourth-order valence-electron chi connectivity index (χ4n) is 4.21. The zero-order chi connectivity index (χ0) is 19.3. The van der Waals surface area contributed by atoms with Gasteiger partial charge in [-0.3, -0.25) is 4.90 Å². The number of aromatic nitrogens is 3. The highest BCUT2D eigenvalue weighted by atomic mass is 16.5. The normalized spacial score (nSPS) is 23.5. The highest BCUT2D eigenvalue weighted by molar-refractivity contribution is 5.65. The Morgan fingerprint density at radius 2 is 1.79 bits per heavy atom. The van der Waals surface area contributed by atoms with Gasteiger partial charge in [0.15, 0.2) is 0 Å². The van der Waals surface area contributed by atoms with E-state index in [0.717, 1.165) is 31.1 Å². The predicted molar refractivity (Wildman–Crippen MR) is 104 cm³/mol. The third kappa shape index (κ3) is 4.44. The number of ether oxygens (including phenoxy) is 1. The van der Waals surface area contributed by atoms with Crippen LogP contribution in [0.5, 0.6) is 5.75 Å². The Bertz CT molecular complexity index is 749. The first-order valence-electron chi connectivity index (χ1n) is 9.99. The molecule has 0 bridgehead atoms. The van der Waals surface area contributed by atoms with E-state index in [1.54, 1.807) is 11.0 Å². The van der Waals surface area contributed by atoms with E-state index in [1.807, 2.05) is 24.3 Å². The average Bonchev–Trinajstić information content (AvgIpc) is 3.28. The van der Waals surface area contributed by atoms with Gasteiger partial charge < -0.3 is 14.7 Å². The van der Waals surface area contributed by atoms with Crippen molar-refractivity contribution in [2.45, 2.75) is 31.7 Å². The molecule has 2 heterocycles. The maximum Gasteiger partial charge on any atom is 0.407 e. The molecule has 1 saturated carbocycles. The smallest absolute Gasteiger partial charge is 0.407 e. The molecule has 8 nitrogen and oxygen atoms in total. The second-order valence-corrected chi connectivity index (χ2v) is 7.63. The van der Waals surface area contributed by atoms with Crippen LogP contribution in [-0.2, 0) is 0 Å². The van der Waals surface area contributed by atoms with Crippen LogP contribution in [0.25, 0.3) is 5.69 Å². The van der Waals surface area contributed by atoms with Crippen molar-refractivity contribution in [2.75, 3.05) is 32.8 Å². The van der Waals surface area contributed by atoms with Crippen LogP contribution in [0.1, 0.15) is 25.7 Å². The van der Waals surface area contributed by atoms with Crippen molar-refractivity contribution in [2.24, 2.45) is 5.92 Å². The van der Waals surface area contributed by atoms with Gasteiger partial charge in [-0.05, 0) is 55.9 Å². The number of hydrogen-bond donors (Lipinski definition) is 1. The number of rotatable bonds is 5. The van der Waals surface area contributed by atoms with Crippen LogP contribution in [0.4, 0.5) is 4.79 Å². The summed E-state index contributed by atoms with van der Waals surface area (Å²) in [5, 5.41) is 13.2. The van der Waals surface area contributed by atoms with Gasteiger partial charge in [-0.15, -0.1) is 0 Å². The minimum absolute atomic E-state index is 0.589. The first-order valence-corrected chi connectivity index (χ1v) is 9.99. The molecule has 1 N–H and O–H groups in total. The van der Waals surface area contributed by atoms with Gasteiger partial charge >= 0.3 is 6.09 Å². The molecule has 150 valence electrons. The van der Waals surface area contributed by atoms with E-state index in [4.69, 9.17) is 9.84 Å². The molecule has 0 spiro atoms. The molecule has 1 saturated heterocycles. The van der Waals surface area contributed by atoms with Gasteiger partial charge in [0, 0.05) is 32.2 Å². The lowest BCUT2D eigenvalue weighted by Crippen LogP contribution is -2.52. The maximum atomic E-state index is 11.0. The van der Waals surface area contributed by atoms with Crippen LogP contribution in [-0.4, -0.2) is 74.6 Å². The van der Waals surface area contributed by atoms with Crippen molar-refractivity contribution < 1.29 is 14.6 Å². The van der Waals surface area contributed by atoms with Crippen molar-refractivity contribution in [1.29, 1.82) is 0 Å². The van der Waals surface area contributed by atoms with E-state index in [1.165, 1.54) is 36.9 Å². The molecular formula is C20H27N5O3. The largest absolute Gasteiger partial charge is 0.493 e. The molecule has 1 aliphatic carbocycles. The lowest BCUT2D eigenvalue weighted by Gasteiger charge is -2.41. The van der Waals surface area contributed by atoms with E-state index in [-0.39, 0.29) is 0 Å². The summed E-state index contributed by atoms with van der Waals surface area (Å²) in [5.41, 5.74) is 0.966. The van der Waals surface area contributed by atoms with Crippen LogP contribution in [0.2, 0.25) is 0 Å². The Kier molecular flexibility index (Phi) is 5.76. The molecule has 28 heavy (non-hydrogen) atoms. The molecule has 2 fully saturated rings. The SMILES string of the molecule is O=C(O)N1CCN([C@H]2CC[C@H](COc3ccc(-n4cncn4)cc3)CC2)CC1. The lowest BCUT2D eigenvalue weighted by molar-refractivity contribution is 0.0619. The molecule has 1 aliphatic heterocycles. The minimum Gasteiger partial charge on any atom is -0.493 e. The van der Waals surface area contributed by atoms with Gasteiger partial charge in [-0.1, -0.05) is 0 Å². The van der Waals surface area contributed by atoms with Gasteiger partial charge in [0.2, 0.25) is 0 Å². The summed E-state index contributed by atoms with van der Waals surface area (Å²) >= 11 is 0.